The first-order chi connectivity index (χ1) is 12.8. The zero-order valence-corrected chi connectivity index (χ0v) is 16.1. The number of piperidine rings is 2. The summed E-state index contributed by atoms with van der Waals surface area (Å²) in [6, 6.07) is 9.12. The molecule has 2 fully saturated rings. The number of hydrogen-bond donors (Lipinski definition) is 1. The van der Waals surface area contributed by atoms with Crippen molar-refractivity contribution in [1.82, 2.24) is 9.80 Å². The molecule has 1 N–H and O–H groups in total. The van der Waals surface area contributed by atoms with Crippen molar-refractivity contribution in [3.05, 3.63) is 35.9 Å². The second-order valence-corrected chi connectivity index (χ2v) is 8.45. The second kappa shape index (κ2) is 7.33. The predicted molar refractivity (Wildman–Crippen MR) is 101 cm³/mol. The van der Waals surface area contributed by atoms with Crippen LogP contribution in [-0.4, -0.2) is 58.9 Å². The van der Waals surface area contributed by atoms with Crippen molar-refractivity contribution >= 4 is 17.8 Å². The van der Waals surface area contributed by atoms with Gasteiger partial charge in [0.1, 0.15) is 0 Å². The van der Waals surface area contributed by atoms with Crippen molar-refractivity contribution in [2.24, 2.45) is 10.8 Å². The summed E-state index contributed by atoms with van der Waals surface area (Å²) in [5.41, 5.74) is -0.927. The highest BCUT2D eigenvalue weighted by atomic mass is 16.4. The van der Waals surface area contributed by atoms with Gasteiger partial charge < -0.3 is 14.9 Å². The fraction of sp³-hybridized carbons (Fsp3) is 0.571. The molecule has 2 aliphatic rings. The van der Waals surface area contributed by atoms with Crippen LogP contribution in [0.5, 0.6) is 0 Å². The minimum atomic E-state index is -0.890. The van der Waals surface area contributed by atoms with Gasteiger partial charge in [-0.15, -0.1) is 0 Å². The third-order valence-corrected chi connectivity index (χ3v) is 6.02. The molecule has 0 saturated carbocycles. The molecule has 2 unspecified atom stereocenters. The lowest BCUT2D eigenvalue weighted by atomic mass is 9.77. The first-order valence-electron chi connectivity index (χ1n) is 9.62. The summed E-state index contributed by atoms with van der Waals surface area (Å²) in [6.45, 7) is 5.46. The second-order valence-electron chi connectivity index (χ2n) is 8.45. The Morgan fingerprint density at radius 3 is 2.07 bits per heavy atom. The molecule has 0 spiro atoms. The SMILES string of the molecule is CC1(C(=O)O)CCCN(C(=O)C2(C)CCCN(C(=O)c3ccccc3)C2)C1. The van der Waals surface area contributed by atoms with E-state index >= 15 is 0 Å². The fourth-order valence-corrected chi connectivity index (χ4v) is 4.32. The minimum Gasteiger partial charge on any atom is -0.481 e. The smallest absolute Gasteiger partial charge is 0.311 e. The lowest BCUT2D eigenvalue weighted by Gasteiger charge is -2.45. The van der Waals surface area contributed by atoms with Gasteiger partial charge in [0.25, 0.3) is 5.91 Å². The molecule has 0 bridgehead atoms. The number of carboxylic acids is 1. The highest BCUT2D eigenvalue weighted by Gasteiger charge is 2.46. The molecule has 2 heterocycles. The van der Waals surface area contributed by atoms with Gasteiger partial charge >= 0.3 is 5.97 Å². The van der Waals surface area contributed by atoms with Crippen LogP contribution in [-0.2, 0) is 9.59 Å². The highest BCUT2D eigenvalue weighted by molar-refractivity contribution is 5.95. The Kier molecular flexibility index (Phi) is 5.27. The number of carbonyl (C=O) groups excluding carboxylic acids is 2. The van der Waals surface area contributed by atoms with Crippen LogP contribution in [0.2, 0.25) is 0 Å². The number of rotatable bonds is 3. The van der Waals surface area contributed by atoms with E-state index < -0.39 is 16.8 Å². The summed E-state index contributed by atoms with van der Waals surface area (Å²) in [5, 5.41) is 9.52. The summed E-state index contributed by atoms with van der Waals surface area (Å²) in [4.78, 5) is 41.2. The van der Waals surface area contributed by atoms with Crippen LogP contribution in [0.3, 0.4) is 0 Å². The van der Waals surface area contributed by atoms with Crippen LogP contribution < -0.4 is 0 Å². The Bertz CT molecular complexity index is 735. The predicted octanol–water partition coefficient (Wildman–Crippen LogP) is 2.64. The summed E-state index contributed by atoms with van der Waals surface area (Å²) in [6.07, 6.45) is 2.76. The van der Waals surface area contributed by atoms with Gasteiger partial charge in [0.2, 0.25) is 5.91 Å². The van der Waals surface area contributed by atoms with E-state index in [1.807, 2.05) is 25.1 Å². The van der Waals surface area contributed by atoms with Crippen LogP contribution >= 0.6 is 0 Å². The van der Waals surface area contributed by atoms with Crippen molar-refractivity contribution < 1.29 is 19.5 Å². The summed E-state index contributed by atoms with van der Waals surface area (Å²) in [5.74, 6) is -0.932. The first-order valence-corrected chi connectivity index (χ1v) is 9.62. The Labute approximate surface area is 160 Å². The number of carbonyl (C=O) groups is 3. The van der Waals surface area contributed by atoms with E-state index in [-0.39, 0.29) is 18.4 Å². The summed E-state index contributed by atoms with van der Waals surface area (Å²) < 4.78 is 0. The van der Waals surface area contributed by atoms with Gasteiger partial charge in [-0.25, -0.2) is 0 Å². The molecular formula is C21H28N2O4. The number of hydrogen-bond acceptors (Lipinski definition) is 3. The molecule has 3 rings (SSSR count). The quantitative estimate of drug-likeness (QED) is 0.885. The summed E-state index contributed by atoms with van der Waals surface area (Å²) >= 11 is 0. The lowest BCUT2D eigenvalue weighted by molar-refractivity contribution is -0.157. The van der Waals surface area contributed by atoms with Crippen molar-refractivity contribution in [3.8, 4) is 0 Å². The number of benzene rings is 1. The van der Waals surface area contributed by atoms with Gasteiger partial charge in [-0.3, -0.25) is 14.4 Å². The average Bonchev–Trinajstić information content (AvgIpc) is 2.67. The Morgan fingerprint density at radius 2 is 1.44 bits per heavy atom. The van der Waals surface area contributed by atoms with Crippen molar-refractivity contribution in [2.75, 3.05) is 26.2 Å². The van der Waals surface area contributed by atoms with E-state index in [4.69, 9.17) is 0 Å². The maximum Gasteiger partial charge on any atom is 0.311 e. The average molecular weight is 372 g/mol. The van der Waals surface area contributed by atoms with Gasteiger partial charge in [-0.2, -0.15) is 0 Å². The molecule has 2 atom stereocenters. The van der Waals surface area contributed by atoms with Gasteiger partial charge in [0.15, 0.2) is 0 Å². The molecule has 146 valence electrons. The molecule has 6 heteroatoms. The van der Waals surface area contributed by atoms with Crippen LogP contribution in [0, 0.1) is 10.8 Å². The molecule has 2 saturated heterocycles. The number of aliphatic carboxylic acids is 1. The van der Waals surface area contributed by atoms with E-state index in [0.717, 1.165) is 6.42 Å². The Morgan fingerprint density at radius 1 is 0.889 bits per heavy atom. The van der Waals surface area contributed by atoms with Gasteiger partial charge in [0.05, 0.1) is 10.8 Å². The topological polar surface area (TPSA) is 77.9 Å². The Hall–Kier alpha value is -2.37. The molecule has 1 aromatic rings. The third-order valence-electron chi connectivity index (χ3n) is 6.02. The van der Waals surface area contributed by atoms with E-state index in [2.05, 4.69) is 0 Å². The van der Waals surface area contributed by atoms with Crippen LogP contribution in [0.25, 0.3) is 0 Å². The lowest BCUT2D eigenvalue weighted by Crippen LogP contribution is -2.56. The first kappa shape index (κ1) is 19.4. The molecule has 2 aliphatic heterocycles. The minimum absolute atomic E-state index is 0.0276. The van der Waals surface area contributed by atoms with Crippen LogP contribution in [0.4, 0.5) is 0 Å². The zero-order chi connectivity index (χ0) is 19.7. The maximum atomic E-state index is 13.3. The highest BCUT2D eigenvalue weighted by Crippen LogP contribution is 2.36. The van der Waals surface area contributed by atoms with E-state index in [1.165, 1.54) is 0 Å². The molecule has 0 aromatic heterocycles. The van der Waals surface area contributed by atoms with Crippen LogP contribution in [0.1, 0.15) is 49.9 Å². The largest absolute Gasteiger partial charge is 0.481 e. The normalized spacial score (nSPS) is 28.7. The standard InChI is InChI=1S/C21H28N2O4/c1-20(18(25)23-13-7-11-21(2,15-23)19(26)27)10-6-12-22(14-20)17(24)16-8-4-3-5-9-16/h3-5,8-9H,6-7,10-15H2,1-2H3,(H,26,27). The number of nitrogens with zero attached hydrogens (tertiary/aromatic N) is 2. The van der Waals surface area contributed by atoms with Crippen LogP contribution in [0.15, 0.2) is 30.3 Å². The molecule has 1 aromatic carbocycles. The molecule has 6 nitrogen and oxygen atoms in total. The van der Waals surface area contributed by atoms with Gasteiger partial charge in [0, 0.05) is 31.7 Å². The number of amides is 2. The molecule has 0 aliphatic carbocycles. The number of carboxylic acid groups (broad SMARTS) is 1. The molecule has 27 heavy (non-hydrogen) atoms. The Balaban J connectivity index is 1.74. The number of likely N-dealkylation sites (tertiary alicyclic amines) is 2. The van der Waals surface area contributed by atoms with Crippen molar-refractivity contribution in [1.29, 1.82) is 0 Å². The van der Waals surface area contributed by atoms with E-state index in [1.54, 1.807) is 28.9 Å². The van der Waals surface area contributed by atoms with Gasteiger partial charge in [-0.1, -0.05) is 18.2 Å². The van der Waals surface area contributed by atoms with E-state index in [0.29, 0.717) is 44.5 Å². The van der Waals surface area contributed by atoms with Crippen molar-refractivity contribution in [3.63, 3.8) is 0 Å². The summed E-state index contributed by atoms with van der Waals surface area (Å²) in [7, 11) is 0. The van der Waals surface area contributed by atoms with E-state index in [9.17, 15) is 19.5 Å². The molecule has 2 amide bonds. The fourth-order valence-electron chi connectivity index (χ4n) is 4.32. The third kappa shape index (κ3) is 3.84. The monoisotopic (exact) mass is 372 g/mol. The maximum absolute atomic E-state index is 13.3. The van der Waals surface area contributed by atoms with Gasteiger partial charge in [-0.05, 0) is 51.7 Å². The zero-order valence-electron chi connectivity index (χ0n) is 16.1. The molecular weight excluding hydrogens is 344 g/mol. The van der Waals surface area contributed by atoms with Crippen molar-refractivity contribution in [2.45, 2.75) is 39.5 Å². The molecule has 0 radical (unpaired) electrons.